The molecule has 0 saturated carbocycles. The molecular formula is C18H29NO3. The predicted octanol–water partition coefficient (Wildman–Crippen LogP) is 4.93. The van der Waals surface area contributed by atoms with Crippen LogP contribution in [0.4, 0.5) is 4.79 Å². The van der Waals surface area contributed by atoms with E-state index in [1.54, 1.807) is 0 Å². The van der Waals surface area contributed by atoms with E-state index in [-0.39, 0.29) is 6.04 Å². The van der Waals surface area contributed by atoms with Crippen LogP contribution in [0.3, 0.4) is 0 Å². The Balaban J connectivity index is 2.78. The molecule has 1 aromatic carbocycles. The highest BCUT2D eigenvalue weighted by Gasteiger charge is 2.28. The quantitative estimate of drug-likeness (QED) is 0.670. The monoisotopic (exact) mass is 307 g/mol. The first kappa shape index (κ1) is 18.5. The lowest BCUT2D eigenvalue weighted by molar-refractivity contribution is -0.181. The summed E-state index contributed by atoms with van der Waals surface area (Å²) in [5, 5.41) is 1.42. The number of ether oxygens (including phenoxy) is 1. The van der Waals surface area contributed by atoms with Crippen LogP contribution in [0.1, 0.15) is 59.4 Å². The topological polar surface area (TPSA) is 38.8 Å². The lowest BCUT2D eigenvalue weighted by Crippen LogP contribution is -2.43. The molecule has 0 heterocycles. The predicted molar refractivity (Wildman–Crippen MR) is 88.3 cm³/mol. The SMILES string of the molecule is CCCC(CC)N(OCc1ccccc1)C(=O)OC(C)(C)C. The molecular weight excluding hydrogens is 278 g/mol. The first-order valence-corrected chi connectivity index (χ1v) is 8.06. The molecule has 0 aromatic heterocycles. The largest absolute Gasteiger partial charge is 0.442 e. The van der Waals surface area contributed by atoms with E-state index >= 15 is 0 Å². The van der Waals surface area contributed by atoms with Gasteiger partial charge in [-0.3, -0.25) is 4.84 Å². The van der Waals surface area contributed by atoms with E-state index in [1.807, 2.05) is 51.1 Å². The molecule has 4 nitrogen and oxygen atoms in total. The molecule has 0 N–H and O–H groups in total. The van der Waals surface area contributed by atoms with Gasteiger partial charge >= 0.3 is 6.09 Å². The fraction of sp³-hybridized carbons (Fsp3) is 0.611. The summed E-state index contributed by atoms with van der Waals surface area (Å²) >= 11 is 0. The highest BCUT2D eigenvalue weighted by molar-refractivity contribution is 5.67. The first-order valence-electron chi connectivity index (χ1n) is 8.06. The van der Waals surface area contributed by atoms with Gasteiger partial charge in [0.15, 0.2) is 0 Å². The average Bonchev–Trinajstić information content (AvgIpc) is 2.45. The van der Waals surface area contributed by atoms with Gasteiger partial charge in [-0.15, -0.1) is 0 Å². The summed E-state index contributed by atoms with van der Waals surface area (Å²) in [6, 6.07) is 9.87. The van der Waals surface area contributed by atoms with Crippen LogP contribution in [0, 0.1) is 0 Å². The number of rotatable bonds is 7. The molecule has 1 aromatic rings. The van der Waals surface area contributed by atoms with Gasteiger partial charge in [-0.1, -0.05) is 50.6 Å². The molecule has 0 aliphatic carbocycles. The van der Waals surface area contributed by atoms with Crippen molar-refractivity contribution in [1.82, 2.24) is 5.06 Å². The Bertz CT molecular complexity index is 439. The molecule has 4 heteroatoms. The number of carbonyl (C=O) groups excluding carboxylic acids is 1. The zero-order chi connectivity index (χ0) is 16.6. The van der Waals surface area contributed by atoms with Gasteiger partial charge < -0.3 is 4.74 Å². The van der Waals surface area contributed by atoms with Crippen molar-refractivity contribution in [3.05, 3.63) is 35.9 Å². The van der Waals surface area contributed by atoms with E-state index in [9.17, 15) is 4.79 Å². The number of hydroxylamine groups is 2. The maximum absolute atomic E-state index is 12.4. The lowest BCUT2D eigenvalue weighted by Gasteiger charge is -2.32. The van der Waals surface area contributed by atoms with Crippen molar-refractivity contribution < 1.29 is 14.4 Å². The molecule has 0 aliphatic rings. The molecule has 0 bridgehead atoms. The second-order valence-corrected chi connectivity index (χ2v) is 6.42. The Morgan fingerprint density at radius 1 is 1.18 bits per heavy atom. The van der Waals surface area contributed by atoms with Crippen LogP contribution in [0.15, 0.2) is 30.3 Å². The molecule has 0 spiro atoms. The van der Waals surface area contributed by atoms with Gasteiger partial charge in [-0.2, -0.15) is 5.06 Å². The molecule has 1 atom stereocenters. The van der Waals surface area contributed by atoms with Crippen LogP contribution >= 0.6 is 0 Å². The molecule has 0 fully saturated rings. The van der Waals surface area contributed by atoms with Gasteiger partial charge in [0.2, 0.25) is 0 Å². The Kier molecular flexibility index (Phi) is 7.39. The maximum atomic E-state index is 12.4. The third-order valence-electron chi connectivity index (χ3n) is 3.21. The number of nitrogens with zero attached hydrogens (tertiary/aromatic N) is 1. The van der Waals surface area contributed by atoms with Crippen molar-refractivity contribution in [2.24, 2.45) is 0 Å². The van der Waals surface area contributed by atoms with Crippen molar-refractivity contribution in [3.63, 3.8) is 0 Å². The minimum absolute atomic E-state index is 0.0311. The van der Waals surface area contributed by atoms with Crippen molar-refractivity contribution in [2.75, 3.05) is 0 Å². The summed E-state index contributed by atoms with van der Waals surface area (Å²) < 4.78 is 5.48. The summed E-state index contributed by atoms with van der Waals surface area (Å²) in [5.41, 5.74) is 0.498. The summed E-state index contributed by atoms with van der Waals surface area (Å²) in [4.78, 5) is 18.2. The van der Waals surface area contributed by atoms with Crippen molar-refractivity contribution in [1.29, 1.82) is 0 Å². The van der Waals surface area contributed by atoms with Gasteiger partial charge in [0.25, 0.3) is 0 Å². The first-order chi connectivity index (χ1) is 10.4. The smallest absolute Gasteiger partial charge is 0.434 e. The minimum atomic E-state index is -0.532. The Hall–Kier alpha value is -1.55. The molecule has 22 heavy (non-hydrogen) atoms. The number of hydrogen-bond donors (Lipinski definition) is 0. The normalized spacial score (nSPS) is 12.8. The van der Waals surface area contributed by atoms with E-state index in [4.69, 9.17) is 9.57 Å². The zero-order valence-electron chi connectivity index (χ0n) is 14.5. The minimum Gasteiger partial charge on any atom is -0.442 e. The van der Waals surface area contributed by atoms with E-state index in [0.717, 1.165) is 24.8 Å². The van der Waals surface area contributed by atoms with Crippen LogP contribution in [0.5, 0.6) is 0 Å². The average molecular weight is 307 g/mol. The highest BCUT2D eigenvalue weighted by atomic mass is 16.7. The molecule has 1 rings (SSSR count). The van der Waals surface area contributed by atoms with Crippen molar-refractivity contribution >= 4 is 6.09 Å². The molecule has 1 unspecified atom stereocenters. The Labute approximate surface area is 134 Å². The van der Waals surface area contributed by atoms with Crippen LogP contribution in [-0.4, -0.2) is 22.8 Å². The van der Waals surface area contributed by atoms with Crippen LogP contribution in [-0.2, 0) is 16.2 Å². The fourth-order valence-electron chi connectivity index (χ4n) is 2.15. The summed E-state index contributed by atoms with van der Waals surface area (Å²) in [6.07, 6.45) is 2.31. The lowest BCUT2D eigenvalue weighted by atomic mass is 10.1. The number of hydrogen-bond acceptors (Lipinski definition) is 3. The van der Waals surface area contributed by atoms with Gasteiger partial charge in [-0.25, -0.2) is 4.79 Å². The highest BCUT2D eigenvalue weighted by Crippen LogP contribution is 2.18. The van der Waals surface area contributed by atoms with Gasteiger partial charge in [-0.05, 0) is 39.2 Å². The summed E-state index contributed by atoms with van der Waals surface area (Å²) in [7, 11) is 0. The third-order valence-corrected chi connectivity index (χ3v) is 3.21. The van der Waals surface area contributed by atoms with Gasteiger partial charge in [0.1, 0.15) is 12.2 Å². The Morgan fingerprint density at radius 3 is 2.32 bits per heavy atom. The second kappa shape index (κ2) is 8.79. The number of amides is 1. The number of benzene rings is 1. The molecule has 1 amide bonds. The molecule has 0 saturated heterocycles. The fourth-order valence-corrected chi connectivity index (χ4v) is 2.15. The molecule has 0 aliphatic heterocycles. The maximum Gasteiger partial charge on any atom is 0.434 e. The Morgan fingerprint density at radius 2 is 1.82 bits per heavy atom. The molecule has 0 radical (unpaired) electrons. The van der Waals surface area contributed by atoms with E-state index < -0.39 is 11.7 Å². The van der Waals surface area contributed by atoms with Gasteiger partial charge in [0.05, 0.1) is 6.04 Å². The van der Waals surface area contributed by atoms with Crippen molar-refractivity contribution in [2.45, 2.75) is 72.1 Å². The van der Waals surface area contributed by atoms with Gasteiger partial charge in [0, 0.05) is 0 Å². The van der Waals surface area contributed by atoms with E-state index in [2.05, 4.69) is 13.8 Å². The summed E-state index contributed by atoms with van der Waals surface area (Å²) in [5.74, 6) is 0. The van der Waals surface area contributed by atoms with Crippen LogP contribution in [0.2, 0.25) is 0 Å². The number of carbonyl (C=O) groups is 1. The zero-order valence-corrected chi connectivity index (χ0v) is 14.5. The van der Waals surface area contributed by atoms with Crippen molar-refractivity contribution in [3.8, 4) is 0 Å². The van der Waals surface area contributed by atoms with E-state index in [1.165, 1.54) is 5.06 Å². The van der Waals surface area contributed by atoms with E-state index in [0.29, 0.717) is 6.61 Å². The second-order valence-electron chi connectivity index (χ2n) is 6.42. The summed E-state index contributed by atoms with van der Waals surface area (Å²) in [6.45, 7) is 10.1. The third kappa shape index (κ3) is 6.48. The van der Waals surface area contributed by atoms with Crippen LogP contribution in [0.25, 0.3) is 0 Å². The van der Waals surface area contributed by atoms with Crippen LogP contribution < -0.4 is 0 Å². The standard InChI is InChI=1S/C18H29NO3/c1-6-11-16(7-2)19(17(20)22-18(3,4)5)21-14-15-12-9-8-10-13-15/h8-10,12-13,16H,6-7,11,14H2,1-5H3. The molecule has 124 valence electrons.